The van der Waals surface area contributed by atoms with Crippen molar-refractivity contribution in [1.82, 2.24) is 0 Å². The van der Waals surface area contributed by atoms with Gasteiger partial charge in [0, 0.05) is 0 Å². The van der Waals surface area contributed by atoms with E-state index in [0.29, 0.717) is 0 Å². The van der Waals surface area contributed by atoms with Crippen molar-refractivity contribution in [2.75, 3.05) is 0 Å². The van der Waals surface area contributed by atoms with Crippen LogP contribution in [0.4, 0.5) is 0 Å². The van der Waals surface area contributed by atoms with Crippen LogP contribution in [0.25, 0.3) is 6.08 Å². The molecule has 2 atom stereocenters. The van der Waals surface area contributed by atoms with Crippen LogP contribution in [0.1, 0.15) is 12.5 Å². The molecular weight excluding hydrogens is 164 g/mol. The van der Waals surface area contributed by atoms with Crippen LogP contribution in [0.5, 0.6) is 0 Å². The Morgan fingerprint density at radius 3 is 2.31 bits per heavy atom. The maximum atomic E-state index is 9.25. The van der Waals surface area contributed by atoms with E-state index in [9.17, 15) is 5.11 Å². The van der Waals surface area contributed by atoms with Crippen molar-refractivity contribution in [3.05, 3.63) is 42.0 Å². The maximum absolute atomic E-state index is 9.25. The van der Waals surface area contributed by atoms with Gasteiger partial charge in [-0.2, -0.15) is 0 Å². The Kier molecular flexibility index (Phi) is 3.68. The van der Waals surface area contributed by atoms with Gasteiger partial charge in [0.15, 0.2) is 0 Å². The van der Waals surface area contributed by atoms with E-state index in [-0.39, 0.29) is 0 Å². The van der Waals surface area contributed by atoms with Crippen molar-refractivity contribution < 1.29 is 10.2 Å². The Morgan fingerprint density at radius 1 is 1.15 bits per heavy atom. The summed E-state index contributed by atoms with van der Waals surface area (Å²) in [5, 5.41) is 18.2. The topological polar surface area (TPSA) is 40.5 Å². The minimum absolute atomic E-state index is 0.722. The van der Waals surface area contributed by atoms with Gasteiger partial charge in [0.2, 0.25) is 0 Å². The van der Waals surface area contributed by atoms with Crippen molar-refractivity contribution >= 4 is 6.08 Å². The summed E-state index contributed by atoms with van der Waals surface area (Å²) in [4.78, 5) is 0. The first-order valence-electron chi connectivity index (χ1n) is 4.29. The van der Waals surface area contributed by atoms with Crippen LogP contribution < -0.4 is 0 Å². The standard InChI is InChI=1S/C11H14O2/c1-9(12)11(13)8-7-10-5-3-2-4-6-10/h2-9,11-13H,1H3/t9-,11+/m1/s1. The summed E-state index contributed by atoms with van der Waals surface area (Å²) in [5.74, 6) is 0. The Hall–Kier alpha value is -1.12. The minimum atomic E-state index is -0.791. The van der Waals surface area contributed by atoms with E-state index in [1.54, 1.807) is 19.1 Å². The molecule has 0 aliphatic carbocycles. The normalized spacial score (nSPS) is 15.9. The Labute approximate surface area is 78.2 Å². The maximum Gasteiger partial charge on any atom is 0.0980 e. The summed E-state index contributed by atoms with van der Waals surface area (Å²) in [6, 6.07) is 9.65. The molecule has 0 aromatic heterocycles. The number of benzene rings is 1. The molecule has 0 bridgehead atoms. The van der Waals surface area contributed by atoms with E-state index in [4.69, 9.17) is 5.11 Å². The first-order valence-corrected chi connectivity index (χ1v) is 4.29. The largest absolute Gasteiger partial charge is 0.390 e. The molecule has 0 heterocycles. The molecule has 0 amide bonds. The van der Waals surface area contributed by atoms with Crippen LogP contribution in [0.15, 0.2) is 36.4 Å². The fraction of sp³-hybridized carbons (Fsp3) is 0.273. The van der Waals surface area contributed by atoms with E-state index >= 15 is 0 Å². The average Bonchev–Trinajstić information content (AvgIpc) is 2.15. The highest BCUT2D eigenvalue weighted by Crippen LogP contribution is 2.03. The molecule has 0 unspecified atom stereocenters. The highest BCUT2D eigenvalue weighted by molar-refractivity contribution is 5.49. The highest BCUT2D eigenvalue weighted by atomic mass is 16.3. The molecule has 1 aromatic carbocycles. The van der Waals surface area contributed by atoms with Crippen LogP contribution in [0.2, 0.25) is 0 Å². The highest BCUT2D eigenvalue weighted by Gasteiger charge is 2.04. The van der Waals surface area contributed by atoms with Crippen LogP contribution in [0, 0.1) is 0 Å². The summed E-state index contributed by atoms with van der Waals surface area (Å²) < 4.78 is 0. The molecule has 70 valence electrons. The van der Waals surface area contributed by atoms with Gasteiger partial charge in [0.1, 0.15) is 0 Å². The summed E-state index contributed by atoms with van der Waals surface area (Å²) in [6.45, 7) is 1.56. The van der Waals surface area contributed by atoms with Gasteiger partial charge in [-0.05, 0) is 12.5 Å². The lowest BCUT2D eigenvalue weighted by molar-refractivity contribution is 0.0624. The van der Waals surface area contributed by atoms with Crippen molar-refractivity contribution in [1.29, 1.82) is 0 Å². The number of aliphatic hydroxyl groups excluding tert-OH is 2. The van der Waals surface area contributed by atoms with E-state index in [1.165, 1.54) is 0 Å². The first-order chi connectivity index (χ1) is 6.20. The molecule has 0 aliphatic heterocycles. The average molecular weight is 178 g/mol. The summed E-state index contributed by atoms with van der Waals surface area (Å²) in [7, 11) is 0. The van der Waals surface area contributed by atoms with Crippen LogP contribution in [-0.4, -0.2) is 22.4 Å². The third-order valence-corrected chi connectivity index (χ3v) is 1.78. The molecule has 2 N–H and O–H groups in total. The Bertz CT molecular complexity index is 265. The van der Waals surface area contributed by atoms with Gasteiger partial charge in [0.05, 0.1) is 12.2 Å². The summed E-state index contributed by atoms with van der Waals surface area (Å²) in [6.07, 6.45) is 1.86. The van der Waals surface area contributed by atoms with Crippen molar-refractivity contribution in [3.8, 4) is 0 Å². The van der Waals surface area contributed by atoms with Crippen molar-refractivity contribution in [2.24, 2.45) is 0 Å². The van der Waals surface area contributed by atoms with E-state index < -0.39 is 12.2 Å². The van der Waals surface area contributed by atoms with E-state index in [2.05, 4.69) is 0 Å². The molecule has 0 spiro atoms. The second-order valence-electron chi connectivity index (χ2n) is 3.00. The molecule has 0 fully saturated rings. The molecule has 0 saturated carbocycles. The number of aliphatic hydroxyl groups is 2. The zero-order valence-electron chi connectivity index (χ0n) is 7.59. The van der Waals surface area contributed by atoms with Gasteiger partial charge in [-0.3, -0.25) is 0 Å². The lowest BCUT2D eigenvalue weighted by Gasteiger charge is -2.07. The molecule has 2 nitrogen and oxygen atoms in total. The van der Waals surface area contributed by atoms with Gasteiger partial charge in [-0.25, -0.2) is 0 Å². The molecule has 13 heavy (non-hydrogen) atoms. The van der Waals surface area contributed by atoms with Gasteiger partial charge >= 0.3 is 0 Å². The molecule has 0 aliphatic rings. The summed E-state index contributed by atoms with van der Waals surface area (Å²) >= 11 is 0. The number of rotatable bonds is 3. The lowest BCUT2D eigenvalue weighted by Crippen LogP contribution is -2.19. The second-order valence-corrected chi connectivity index (χ2v) is 3.00. The van der Waals surface area contributed by atoms with Gasteiger partial charge in [0.25, 0.3) is 0 Å². The number of hydrogen-bond acceptors (Lipinski definition) is 2. The van der Waals surface area contributed by atoms with Gasteiger partial charge in [-0.15, -0.1) is 0 Å². The lowest BCUT2D eigenvalue weighted by atomic mass is 10.1. The van der Waals surface area contributed by atoms with Crippen LogP contribution in [0.3, 0.4) is 0 Å². The molecular formula is C11H14O2. The third-order valence-electron chi connectivity index (χ3n) is 1.78. The third kappa shape index (κ3) is 3.40. The smallest absolute Gasteiger partial charge is 0.0980 e. The quantitative estimate of drug-likeness (QED) is 0.735. The van der Waals surface area contributed by atoms with Gasteiger partial charge in [-0.1, -0.05) is 42.5 Å². The summed E-state index contributed by atoms with van der Waals surface area (Å²) in [5.41, 5.74) is 1.02. The van der Waals surface area contributed by atoms with Crippen molar-refractivity contribution in [3.63, 3.8) is 0 Å². The fourth-order valence-corrected chi connectivity index (χ4v) is 0.935. The first kappa shape index (κ1) is 9.96. The van der Waals surface area contributed by atoms with Crippen molar-refractivity contribution in [2.45, 2.75) is 19.1 Å². The molecule has 1 rings (SSSR count). The Balaban J connectivity index is 2.59. The zero-order chi connectivity index (χ0) is 9.68. The van der Waals surface area contributed by atoms with Crippen LogP contribution >= 0.6 is 0 Å². The van der Waals surface area contributed by atoms with E-state index in [0.717, 1.165) is 5.56 Å². The minimum Gasteiger partial charge on any atom is -0.390 e. The Morgan fingerprint density at radius 2 is 1.77 bits per heavy atom. The van der Waals surface area contributed by atoms with Crippen LogP contribution in [-0.2, 0) is 0 Å². The molecule has 0 saturated heterocycles. The fourth-order valence-electron chi connectivity index (χ4n) is 0.935. The second kappa shape index (κ2) is 4.80. The predicted octanol–water partition coefficient (Wildman–Crippen LogP) is 1.44. The number of hydrogen-bond donors (Lipinski definition) is 2. The molecule has 1 aromatic rings. The molecule has 0 radical (unpaired) electrons. The zero-order valence-corrected chi connectivity index (χ0v) is 7.59. The SMILES string of the molecule is C[C@@H](O)[C@@H](O)C=Cc1ccccc1. The predicted molar refractivity (Wildman–Crippen MR) is 53.2 cm³/mol. The van der Waals surface area contributed by atoms with E-state index in [1.807, 2.05) is 30.3 Å². The monoisotopic (exact) mass is 178 g/mol. The van der Waals surface area contributed by atoms with Gasteiger partial charge < -0.3 is 10.2 Å². The molecule has 2 heteroatoms.